The Morgan fingerprint density at radius 1 is 1.09 bits per heavy atom. The first-order chi connectivity index (χ1) is 15.5. The summed E-state index contributed by atoms with van der Waals surface area (Å²) < 4.78 is 35.3. The van der Waals surface area contributed by atoms with Gasteiger partial charge in [0.05, 0.1) is 32.7 Å². The van der Waals surface area contributed by atoms with E-state index >= 15 is 0 Å². The van der Waals surface area contributed by atoms with Gasteiger partial charge in [0.15, 0.2) is 0 Å². The summed E-state index contributed by atoms with van der Waals surface area (Å²) in [6, 6.07) is 17.8. The van der Waals surface area contributed by atoms with E-state index < -0.39 is 9.84 Å². The Morgan fingerprint density at radius 2 is 1.91 bits per heavy atom. The summed E-state index contributed by atoms with van der Waals surface area (Å²) in [5.74, 6) is 0.541. The largest absolute Gasteiger partial charge is 0.485 e. The van der Waals surface area contributed by atoms with Crippen molar-refractivity contribution in [3.63, 3.8) is 0 Å². The lowest BCUT2D eigenvalue weighted by molar-refractivity contribution is 0.303. The molecule has 1 aliphatic heterocycles. The van der Waals surface area contributed by atoms with Crippen molar-refractivity contribution < 1.29 is 13.2 Å². The molecule has 160 valence electrons. The predicted molar refractivity (Wildman–Crippen MR) is 122 cm³/mol. The second-order valence-corrected chi connectivity index (χ2v) is 10.1. The first-order valence-corrected chi connectivity index (χ1v) is 12.0. The van der Waals surface area contributed by atoms with E-state index in [-0.39, 0.29) is 22.4 Å². The van der Waals surface area contributed by atoms with Gasteiger partial charge in [-0.3, -0.25) is 4.98 Å². The van der Waals surface area contributed by atoms with E-state index in [2.05, 4.69) is 21.1 Å². The monoisotopic (exact) mass is 443 g/mol. The maximum Gasteiger partial charge on any atom is 0.206 e. The number of benzene rings is 2. The lowest BCUT2D eigenvalue weighted by atomic mass is 10.1. The van der Waals surface area contributed by atoms with Crippen LogP contribution in [0, 0.1) is 0 Å². The molecule has 0 radical (unpaired) electrons. The van der Waals surface area contributed by atoms with Crippen molar-refractivity contribution in [1.29, 1.82) is 0 Å². The Labute approximate surface area is 186 Å². The highest BCUT2D eigenvalue weighted by molar-refractivity contribution is 7.91. The van der Waals surface area contributed by atoms with Gasteiger partial charge >= 0.3 is 0 Å². The molecule has 6 nitrogen and oxygen atoms in total. The molecule has 6 rings (SSSR count). The van der Waals surface area contributed by atoms with E-state index in [1.165, 1.54) is 5.57 Å². The summed E-state index contributed by atoms with van der Waals surface area (Å²) in [6.07, 6.45) is 4.70. The van der Waals surface area contributed by atoms with Gasteiger partial charge in [0.1, 0.15) is 12.4 Å². The van der Waals surface area contributed by atoms with Crippen LogP contribution in [-0.2, 0) is 23.5 Å². The second kappa shape index (κ2) is 6.97. The molecule has 32 heavy (non-hydrogen) atoms. The Bertz CT molecular complexity index is 1490. The number of rotatable bonds is 5. The van der Waals surface area contributed by atoms with Crippen molar-refractivity contribution in [2.45, 2.75) is 28.9 Å². The predicted octanol–water partition coefficient (Wildman–Crippen LogP) is 4.37. The van der Waals surface area contributed by atoms with Crippen molar-refractivity contribution >= 4 is 26.3 Å². The molecule has 2 bridgehead atoms. The van der Waals surface area contributed by atoms with Gasteiger partial charge in [-0.1, -0.05) is 24.3 Å². The van der Waals surface area contributed by atoms with Crippen molar-refractivity contribution in [3.8, 4) is 5.75 Å². The van der Waals surface area contributed by atoms with Gasteiger partial charge in [0.25, 0.3) is 0 Å². The van der Waals surface area contributed by atoms with Gasteiger partial charge in [-0.25, -0.2) is 8.42 Å². The molecule has 0 spiro atoms. The molecule has 0 saturated heterocycles. The zero-order valence-electron chi connectivity index (χ0n) is 17.4. The van der Waals surface area contributed by atoms with Crippen LogP contribution < -0.4 is 10.1 Å². The minimum absolute atomic E-state index is 0.169. The first kappa shape index (κ1) is 19.1. The zero-order chi connectivity index (χ0) is 21.9. The van der Waals surface area contributed by atoms with Crippen LogP contribution in [0.2, 0.25) is 0 Å². The number of aryl methyl sites for hydroxylation is 1. The number of nitrogens with zero attached hydrogens (tertiary/aromatic N) is 2. The topological polar surface area (TPSA) is 73.2 Å². The van der Waals surface area contributed by atoms with Gasteiger partial charge in [0, 0.05) is 42.9 Å². The zero-order valence-corrected chi connectivity index (χ0v) is 18.3. The maximum atomic E-state index is 13.5. The number of fused-ring (bicyclic) bond motifs is 7. The van der Waals surface area contributed by atoms with Crippen LogP contribution in [0.3, 0.4) is 0 Å². The molecule has 7 heteroatoms. The highest BCUT2D eigenvalue weighted by Crippen LogP contribution is 2.50. The lowest BCUT2D eigenvalue weighted by Crippen LogP contribution is -2.10. The molecule has 0 saturated carbocycles. The van der Waals surface area contributed by atoms with E-state index in [9.17, 15) is 8.42 Å². The molecule has 1 unspecified atom stereocenters. The summed E-state index contributed by atoms with van der Waals surface area (Å²) in [7, 11) is -1.68. The van der Waals surface area contributed by atoms with Gasteiger partial charge < -0.3 is 14.6 Å². The molecule has 1 aliphatic carbocycles. The maximum absolute atomic E-state index is 13.5. The van der Waals surface area contributed by atoms with Crippen LogP contribution in [0.1, 0.15) is 29.4 Å². The normalized spacial score (nSPS) is 16.7. The Morgan fingerprint density at radius 3 is 2.69 bits per heavy atom. The third-order valence-electron chi connectivity index (χ3n) is 6.27. The summed E-state index contributed by atoms with van der Waals surface area (Å²) in [5, 5.41) is 4.32. The van der Waals surface area contributed by atoms with Crippen molar-refractivity contribution in [2.24, 2.45) is 7.05 Å². The summed E-state index contributed by atoms with van der Waals surface area (Å²) >= 11 is 0. The van der Waals surface area contributed by atoms with Gasteiger partial charge in [-0.15, -0.1) is 0 Å². The standard InChI is InChI=1S/C25H21N3O3S/c1-28-24-16-11-21(27-14-16)23(24)20-12-19(32(29,30)18-8-3-2-4-9-18)13-22(25(20)28)31-15-17-7-5-6-10-26-17/h2-10,12-14,21,27H,11,15H2,1H3. The Hall–Kier alpha value is -3.58. The molecule has 3 heterocycles. The smallest absolute Gasteiger partial charge is 0.206 e. The van der Waals surface area contributed by atoms with Crippen LogP contribution in [0.5, 0.6) is 5.75 Å². The van der Waals surface area contributed by atoms with E-state index in [0.29, 0.717) is 5.75 Å². The Balaban J connectivity index is 1.56. The summed E-state index contributed by atoms with van der Waals surface area (Å²) in [4.78, 5) is 4.83. The molecular formula is C25H21N3O3S. The molecule has 0 fully saturated rings. The van der Waals surface area contributed by atoms with Crippen LogP contribution >= 0.6 is 0 Å². The van der Waals surface area contributed by atoms with Crippen LogP contribution in [0.15, 0.2) is 82.9 Å². The summed E-state index contributed by atoms with van der Waals surface area (Å²) in [6.45, 7) is 0.255. The fourth-order valence-electron chi connectivity index (χ4n) is 4.82. The van der Waals surface area contributed by atoms with E-state index in [0.717, 1.165) is 34.3 Å². The number of hydrogen-bond acceptors (Lipinski definition) is 5. The average molecular weight is 444 g/mol. The fourth-order valence-corrected chi connectivity index (χ4v) is 6.14. The second-order valence-electron chi connectivity index (χ2n) is 8.16. The van der Waals surface area contributed by atoms with Crippen LogP contribution in [-0.4, -0.2) is 18.0 Å². The highest BCUT2D eigenvalue weighted by Gasteiger charge is 2.37. The third kappa shape index (κ3) is 2.78. The number of ether oxygens (including phenoxy) is 1. The molecule has 2 aromatic heterocycles. The highest BCUT2D eigenvalue weighted by atomic mass is 32.2. The number of sulfone groups is 1. The summed E-state index contributed by atoms with van der Waals surface area (Å²) in [5.41, 5.74) is 5.22. The number of pyridine rings is 1. The molecule has 4 aromatic rings. The quantitative estimate of drug-likeness (QED) is 0.496. The van der Waals surface area contributed by atoms with Gasteiger partial charge in [0.2, 0.25) is 9.84 Å². The molecule has 2 aromatic carbocycles. The van der Waals surface area contributed by atoms with Crippen LogP contribution in [0.25, 0.3) is 16.5 Å². The Kier molecular flexibility index (Phi) is 4.16. The molecule has 2 aliphatic rings. The molecule has 0 amide bonds. The van der Waals surface area contributed by atoms with Crippen molar-refractivity contribution in [3.05, 3.63) is 90.0 Å². The third-order valence-corrected chi connectivity index (χ3v) is 8.01. The number of hydrogen-bond donors (Lipinski definition) is 1. The lowest BCUT2D eigenvalue weighted by Gasteiger charge is -2.13. The minimum Gasteiger partial charge on any atom is -0.485 e. The minimum atomic E-state index is -3.70. The molecule has 1 N–H and O–H groups in total. The van der Waals surface area contributed by atoms with E-state index in [1.807, 2.05) is 31.3 Å². The molecule has 1 atom stereocenters. The van der Waals surface area contributed by atoms with Crippen molar-refractivity contribution in [1.82, 2.24) is 14.9 Å². The van der Waals surface area contributed by atoms with Crippen LogP contribution in [0.4, 0.5) is 0 Å². The number of nitrogens with one attached hydrogen (secondary N) is 1. The number of aromatic nitrogens is 2. The first-order valence-electron chi connectivity index (χ1n) is 10.5. The van der Waals surface area contributed by atoms with Crippen molar-refractivity contribution in [2.75, 3.05) is 0 Å². The molecular weight excluding hydrogens is 422 g/mol. The van der Waals surface area contributed by atoms with E-state index in [4.69, 9.17) is 4.74 Å². The van der Waals surface area contributed by atoms with Gasteiger partial charge in [-0.2, -0.15) is 0 Å². The van der Waals surface area contributed by atoms with E-state index in [1.54, 1.807) is 42.6 Å². The van der Waals surface area contributed by atoms with Gasteiger partial charge in [-0.05, 0) is 35.9 Å². The average Bonchev–Trinajstić information content (AvgIpc) is 3.52. The fraction of sp³-hybridized carbons (Fsp3) is 0.160. The SMILES string of the molecule is Cn1c2c(c3cc(S(=O)(=O)c4ccccc4)cc(OCc4ccccn4)c31)C1CC2=CN1.